The first-order valence-electron chi connectivity index (χ1n) is 6.20. The number of hydrogen-bond acceptors (Lipinski definition) is 2. The second-order valence-electron chi connectivity index (χ2n) is 5.81. The average molecular weight is 236 g/mol. The monoisotopic (exact) mass is 236 g/mol. The van der Waals surface area contributed by atoms with Crippen LogP contribution >= 0.6 is 0 Å². The molecule has 1 fully saturated rings. The molecule has 17 heavy (non-hydrogen) atoms. The maximum absolute atomic E-state index is 13.3. The molecule has 1 atom stereocenters. The van der Waals surface area contributed by atoms with Crippen molar-refractivity contribution in [2.24, 2.45) is 5.41 Å². The molecule has 0 bridgehead atoms. The van der Waals surface area contributed by atoms with Gasteiger partial charge in [0, 0.05) is 31.4 Å². The van der Waals surface area contributed by atoms with Gasteiger partial charge in [0.1, 0.15) is 5.82 Å². The fourth-order valence-corrected chi connectivity index (χ4v) is 2.35. The first-order chi connectivity index (χ1) is 7.96. The summed E-state index contributed by atoms with van der Waals surface area (Å²) in [5.41, 5.74) is 1.19. The van der Waals surface area contributed by atoms with E-state index in [0.717, 1.165) is 25.3 Å². The molecule has 1 aromatic carbocycles. The van der Waals surface area contributed by atoms with Crippen molar-refractivity contribution in [1.29, 1.82) is 0 Å². The SMILES string of the molecule is CC1CN(c2cccc(F)c2)CC(C)(C)CN1. The van der Waals surface area contributed by atoms with Crippen LogP contribution in [0.4, 0.5) is 10.1 Å². The van der Waals surface area contributed by atoms with E-state index in [1.54, 1.807) is 12.1 Å². The van der Waals surface area contributed by atoms with E-state index in [4.69, 9.17) is 0 Å². The molecule has 1 N–H and O–H groups in total. The standard InChI is InChI=1S/C14H21FN2/c1-11-8-17(10-14(2,3)9-16-11)13-6-4-5-12(15)7-13/h4-7,11,16H,8-10H2,1-3H3. The topological polar surface area (TPSA) is 15.3 Å². The lowest BCUT2D eigenvalue weighted by molar-refractivity contribution is 0.362. The molecule has 0 saturated carbocycles. The number of nitrogens with zero attached hydrogens (tertiary/aromatic N) is 1. The van der Waals surface area contributed by atoms with Gasteiger partial charge in [0.15, 0.2) is 0 Å². The normalized spacial score (nSPS) is 24.5. The Morgan fingerprint density at radius 3 is 2.88 bits per heavy atom. The molecule has 1 aliphatic rings. The Morgan fingerprint density at radius 2 is 2.18 bits per heavy atom. The molecule has 1 aromatic rings. The molecular weight excluding hydrogens is 215 g/mol. The van der Waals surface area contributed by atoms with Crippen molar-refractivity contribution in [2.45, 2.75) is 26.8 Å². The number of anilines is 1. The van der Waals surface area contributed by atoms with Crippen LogP contribution in [0.1, 0.15) is 20.8 Å². The van der Waals surface area contributed by atoms with E-state index in [9.17, 15) is 4.39 Å². The van der Waals surface area contributed by atoms with Gasteiger partial charge in [0.25, 0.3) is 0 Å². The van der Waals surface area contributed by atoms with Gasteiger partial charge in [-0.3, -0.25) is 0 Å². The van der Waals surface area contributed by atoms with Crippen LogP contribution in [0.25, 0.3) is 0 Å². The van der Waals surface area contributed by atoms with E-state index in [0.29, 0.717) is 6.04 Å². The Hall–Kier alpha value is -1.09. The van der Waals surface area contributed by atoms with E-state index in [2.05, 4.69) is 31.0 Å². The van der Waals surface area contributed by atoms with E-state index < -0.39 is 0 Å². The highest BCUT2D eigenvalue weighted by molar-refractivity contribution is 5.47. The summed E-state index contributed by atoms with van der Waals surface area (Å²) < 4.78 is 13.3. The molecule has 3 heteroatoms. The van der Waals surface area contributed by atoms with Gasteiger partial charge in [-0.2, -0.15) is 0 Å². The largest absolute Gasteiger partial charge is 0.369 e. The Kier molecular flexibility index (Phi) is 3.38. The molecule has 2 rings (SSSR count). The van der Waals surface area contributed by atoms with Crippen LogP contribution in [-0.2, 0) is 0 Å². The van der Waals surface area contributed by atoms with Gasteiger partial charge in [-0.15, -0.1) is 0 Å². The Bertz CT molecular complexity index is 390. The summed E-state index contributed by atoms with van der Waals surface area (Å²) in [6.07, 6.45) is 0. The third kappa shape index (κ3) is 3.19. The zero-order valence-electron chi connectivity index (χ0n) is 10.8. The maximum atomic E-state index is 13.3. The molecule has 1 saturated heterocycles. The number of nitrogens with one attached hydrogen (secondary N) is 1. The molecule has 0 radical (unpaired) electrons. The van der Waals surface area contributed by atoms with Crippen LogP contribution in [0.15, 0.2) is 24.3 Å². The molecule has 0 spiro atoms. The van der Waals surface area contributed by atoms with Crippen LogP contribution in [-0.4, -0.2) is 25.7 Å². The summed E-state index contributed by atoms with van der Waals surface area (Å²) in [6.45, 7) is 9.53. The second-order valence-corrected chi connectivity index (χ2v) is 5.81. The summed E-state index contributed by atoms with van der Waals surface area (Å²) in [6, 6.07) is 7.31. The number of hydrogen-bond donors (Lipinski definition) is 1. The predicted octanol–water partition coefficient (Wildman–Crippen LogP) is 2.65. The van der Waals surface area contributed by atoms with Gasteiger partial charge in [-0.1, -0.05) is 19.9 Å². The first kappa shape index (κ1) is 12.4. The number of benzene rings is 1. The molecule has 0 aromatic heterocycles. The van der Waals surface area contributed by atoms with Crippen molar-refractivity contribution in [3.8, 4) is 0 Å². The predicted molar refractivity (Wildman–Crippen MR) is 69.9 cm³/mol. The van der Waals surface area contributed by atoms with Crippen molar-refractivity contribution in [3.63, 3.8) is 0 Å². The zero-order chi connectivity index (χ0) is 12.5. The molecular formula is C14H21FN2. The lowest BCUT2D eigenvalue weighted by Crippen LogP contribution is -2.35. The van der Waals surface area contributed by atoms with E-state index in [1.807, 2.05) is 6.07 Å². The minimum absolute atomic E-state index is 0.162. The van der Waals surface area contributed by atoms with Crippen LogP contribution in [0.3, 0.4) is 0 Å². The van der Waals surface area contributed by atoms with E-state index in [1.165, 1.54) is 6.07 Å². The third-order valence-corrected chi connectivity index (χ3v) is 3.22. The minimum atomic E-state index is -0.162. The van der Waals surface area contributed by atoms with Gasteiger partial charge < -0.3 is 10.2 Å². The molecule has 1 aliphatic heterocycles. The molecule has 1 heterocycles. The van der Waals surface area contributed by atoms with Crippen LogP contribution in [0, 0.1) is 11.2 Å². The Balaban J connectivity index is 2.23. The number of rotatable bonds is 1. The van der Waals surface area contributed by atoms with Gasteiger partial charge in [0.05, 0.1) is 0 Å². The van der Waals surface area contributed by atoms with Gasteiger partial charge in [-0.05, 0) is 30.5 Å². The highest BCUT2D eigenvalue weighted by Crippen LogP contribution is 2.24. The van der Waals surface area contributed by atoms with Gasteiger partial charge in [-0.25, -0.2) is 4.39 Å². The fourth-order valence-electron chi connectivity index (χ4n) is 2.35. The van der Waals surface area contributed by atoms with Crippen LogP contribution in [0.2, 0.25) is 0 Å². The summed E-state index contributed by atoms with van der Waals surface area (Å²) in [4.78, 5) is 2.27. The first-order valence-corrected chi connectivity index (χ1v) is 6.20. The minimum Gasteiger partial charge on any atom is -0.369 e. The Morgan fingerprint density at radius 1 is 1.41 bits per heavy atom. The molecule has 0 amide bonds. The fraction of sp³-hybridized carbons (Fsp3) is 0.571. The smallest absolute Gasteiger partial charge is 0.125 e. The van der Waals surface area contributed by atoms with E-state index >= 15 is 0 Å². The highest BCUT2D eigenvalue weighted by Gasteiger charge is 2.27. The summed E-state index contributed by atoms with van der Waals surface area (Å²) >= 11 is 0. The molecule has 2 nitrogen and oxygen atoms in total. The molecule has 94 valence electrons. The van der Waals surface area contributed by atoms with Crippen molar-refractivity contribution >= 4 is 5.69 Å². The maximum Gasteiger partial charge on any atom is 0.125 e. The van der Waals surface area contributed by atoms with Gasteiger partial charge in [0.2, 0.25) is 0 Å². The zero-order valence-corrected chi connectivity index (χ0v) is 10.8. The average Bonchev–Trinajstić information content (AvgIpc) is 2.38. The van der Waals surface area contributed by atoms with Crippen molar-refractivity contribution < 1.29 is 4.39 Å². The summed E-state index contributed by atoms with van der Waals surface area (Å²) in [5.74, 6) is -0.162. The molecule has 0 aliphatic carbocycles. The lowest BCUT2D eigenvalue weighted by Gasteiger charge is -2.30. The van der Waals surface area contributed by atoms with Gasteiger partial charge >= 0.3 is 0 Å². The Labute approximate surface area is 103 Å². The number of halogens is 1. The van der Waals surface area contributed by atoms with E-state index in [-0.39, 0.29) is 11.2 Å². The summed E-state index contributed by atoms with van der Waals surface area (Å²) in [7, 11) is 0. The highest BCUT2D eigenvalue weighted by atomic mass is 19.1. The summed E-state index contributed by atoms with van der Waals surface area (Å²) in [5, 5.41) is 3.51. The van der Waals surface area contributed by atoms with Crippen molar-refractivity contribution in [3.05, 3.63) is 30.1 Å². The third-order valence-electron chi connectivity index (χ3n) is 3.22. The van der Waals surface area contributed by atoms with Crippen molar-refractivity contribution in [2.75, 3.05) is 24.5 Å². The molecule has 1 unspecified atom stereocenters. The van der Waals surface area contributed by atoms with Crippen LogP contribution < -0.4 is 10.2 Å². The van der Waals surface area contributed by atoms with Crippen molar-refractivity contribution in [1.82, 2.24) is 5.32 Å². The quantitative estimate of drug-likeness (QED) is 0.806. The van der Waals surface area contributed by atoms with Crippen LogP contribution in [0.5, 0.6) is 0 Å². The lowest BCUT2D eigenvalue weighted by atomic mass is 9.93. The second kappa shape index (κ2) is 4.65.